The molecule has 0 bridgehead atoms. The van der Waals surface area contributed by atoms with E-state index in [0.29, 0.717) is 17.7 Å². The summed E-state index contributed by atoms with van der Waals surface area (Å²) >= 11 is 0. The minimum atomic E-state index is -0.00655. The molecule has 2 amide bonds. The van der Waals surface area contributed by atoms with Gasteiger partial charge in [0.25, 0.3) is 11.8 Å². The Balaban J connectivity index is 1.75. The Kier molecular flexibility index (Phi) is 5.71. The molecule has 3 rings (SSSR count). The number of hydrogen-bond acceptors (Lipinski definition) is 2. The fraction of sp³-hybridized carbons (Fsp3) is 0.364. The van der Waals surface area contributed by atoms with Crippen LogP contribution in [0.5, 0.6) is 0 Å². The predicted molar refractivity (Wildman–Crippen MR) is 105 cm³/mol. The highest BCUT2D eigenvalue weighted by atomic mass is 16.2. The maximum Gasteiger partial charge on any atom is 0.258 e. The fourth-order valence-electron chi connectivity index (χ4n) is 3.50. The van der Waals surface area contributed by atoms with Crippen molar-refractivity contribution < 1.29 is 9.59 Å². The van der Waals surface area contributed by atoms with E-state index in [1.165, 1.54) is 5.56 Å². The zero-order valence-electron chi connectivity index (χ0n) is 15.6. The first-order valence-electron chi connectivity index (χ1n) is 9.44. The Hall–Kier alpha value is -2.62. The summed E-state index contributed by atoms with van der Waals surface area (Å²) in [6.45, 7) is 6.38. The first-order valence-corrected chi connectivity index (χ1v) is 9.44. The molecule has 4 nitrogen and oxygen atoms in total. The lowest BCUT2D eigenvalue weighted by Crippen LogP contribution is -2.32. The SMILES string of the molecule is CCCN(CCC)C(=O)c1ccc(C(=O)N2CCc3ccccc32)cc1. The van der Waals surface area contributed by atoms with E-state index in [9.17, 15) is 9.59 Å². The molecule has 0 radical (unpaired) electrons. The van der Waals surface area contributed by atoms with Gasteiger partial charge in [0.15, 0.2) is 0 Å². The molecular formula is C22H26N2O2. The Morgan fingerprint density at radius 1 is 0.923 bits per heavy atom. The van der Waals surface area contributed by atoms with E-state index in [1.807, 2.05) is 28.0 Å². The van der Waals surface area contributed by atoms with Gasteiger partial charge in [-0.05, 0) is 55.2 Å². The van der Waals surface area contributed by atoms with Crippen molar-refractivity contribution in [3.8, 4) is 0 Å². The summed E-state index contributed by atoms with van der Waals surface area (Å²) < 4.78 is 0. The molecule has 0 fully saturated rings. The van der Waals surface area contributed by atoms with E-state index in [4.69, 9.17) is 0 Å². The minimum Gasteiger partial charge on any atom is -0.339 e. The first-order chi connectivity index (χ1) is 12.7. The van der Waals surface area contributed by atoms with E-state index >= 15 is 0 Å². The van der Waals surface area contributed by atoms with Crippen LogP contribution in [0.1, 0.15) is 53.0 Å². The standard InChI is InChI=1S/C22H26N2O2/c1-3-14-23(15-4-2)21(25)18-9-11-19(12-10-18)22(26)24-16-13-17-7-5-6-8-20(17)24/h5-12H,3-4,13-16H2,1-2H3. The van der Waals surface area contributed by atoms with Crippen molar-refractivity contribution in [3.63, 3.8) is 0 Å². The quantitative estimate of drug-likeness (QED) is 0.785. The predicted octanol–water partition coefficient (Wildman–Crippen LogP) is 4.15. The van der Waals surface area contributed by atoms with Gasteiger partial charge in [-0.2, -0.15) is 0 Å². The van der Waals surface area contributed by atoms with E-state index in [0.717, 1.165) is 38.0 Å². The molecule has 1 aliphatic heterocycles. The zero-order valence-corrected chi connectivity index (χ0v) is 15.6. The summed E-state index contributed by atoms with van der Waals surface area (Å²) in [5.74, 6) is 0.0344. The monoisotopic (exact) mass is 350 g/mol. The lowest BCUT2D eigenvalue weighted by atomic mass is 10.1. The molecule has 0 aliphatic carbocycles. The molecule has 136 valence electrons. The summed E-state index contributed by atoms with van der Waals surface area (Å²) in [6.07, 6.45) is 2.77. The van der Waals surface area contributed by atoms with Gasteiger partial charge in [0.2, 0.25) is 0 Å². The van der Waals surface area contributed by atoms with Gasteiger partial charge >= 0.3 is 0 Å². The normalized spacial score (nSPS) is 12.8. The van der Waals surface area contributed by atoms with Gasteiger partial charge < -0.3 is 9.80 Å². The number of rotatable bonds is 6. The van der Waals surface area contributed by atoms with Crippen LogP contribution >= 0.6 is 0 Å². The van der Waals surface area contributed by atoms with Gasteiger partial charge in [0, 0.05) is 36.4 Å². The van der Waals surface area contributed by atoms with Crippen molar-refractivity contribution in [2.24, 2.45) is 0 Å². The van der Waals surface area contributed by atoms with Crippen LogP contribution in [0.3, 0.4) is 0 Å². The highest BCUT2D eigenvalue weighted by molar-refractivity contribution is 6.07. The van der Waals surface area contributed by atoms with Crippen molar-refractivity contribution >= 4 is 17.5 Å². The van der Waals surface area contributed by atoms with Crippen LogP contribution in [0.4, 0.5) is 5.69 Å². The molecule has 0 N–H and O–H groups in total. The second-order valence-electron chi connectivity index (χ2n) is 6.71. The summed E-state index contributed by atoms with van der Waals surface area (Å²) in [5, 5.41) is 0. The summed E-state index contributed by atoms with van der Waals surface area (Å²) in [4.78, 5) is 29.2. The van der Waals surface area contributed by atoms with Crippen molar-refractivity contribution in [3.05, 3.63) is 65.2 Å². The minimum absolute atomic E-state index is 0.00655. The Morgan fingerprint density at radius 2 is 1.54 bits per heavy atom. The number of hydrogen-bond donors (Lipinski definition) is 0. The molecule has 26 heavy (non-hydrogen) atoms. The number of carbonyl (C=O) groups excluding carboxylic acids is 2. The fourth-order valence-corrected chi connectivity index (χ4v) is 3.50. The largest absolute Gasteiger partial charge is 0.339 e. The molecule has 0 saturated heterocycles. The number of benzene rings is 2. The third kappa shape index (κ3) is 3.64. The van der Waals surface area contributed by atoms with Crippen LogP contribution in [0.15, 0.2) is 48.5 Å². The highest BCUT2D eigenvalue weighted by Crippen LogP contribution is 2.28. The average molecular weight is 350 g/mol. The van der Waals surface area contributed by atoms with Gasteiger partial charge in [-0.3, -0.25) is 9.59 Å². The Bertz CT molecular complexity index is 777. The molecule has 1 heterocycles. The maximum absolute atomic E-state index is 12.9. The summed E-state index contributed by atoms with van der Waals surface area (Å²) in [7, 11) is 0. The topological polar surface area (TPSA) is 40.6 Å². The smallest absolute Gasteiger partial charge is 0.258 e. The van der Waals surface area contributed by atoms with Crippen LogP contribution in [0, 0.1) is 0 Å². The van der Waals surface area contributed by atoms with Crippen LogP contribution in [-0.2, 0) is 6.42 Å². The van der Waals surface area contributed by atoms with Gasteiger partial charge in [-0.25, -0.2) is 0 Å². The number of carbonyl (C=O) groups is 2. The van der Waals surface area contributed by atoms with Gasteiger partial charge in [0.05, 0.1) is 0 Å². The second kappa shape index (κ2) is 8.17. The van der Waals surface area contributed by atoms with Crippen LogP contribution in [-0.4, -0.2) is 36.3 Å². The molecule has 0 aromatic heterocycles. The molecule has 1 aliphatic rings. The zero-order chi connectivity index (χ0) is 18.5. The molecule has 0 atom stereocenters. The number of para-hydroxylation sites is 1. The molecule has 4 heteroatoms. The van der Waals surface area contributed by atoms with Crippen molar-refractivity contribution in [1.29, 1.82) is 0 Å². The lowest BCUT2D eigenvalue weighted by molar-refractivity contribution is 0.0755. The molecule has 0 saturated carbocycles. The number of fused-ring (bicyclic) bond motifs is 1. The number of nitrogens with zero attached hydrogens (tertiary/aromatic N) is 2. The maximum atomic E-state index is 12.9. The first kappa shape index (κ1) is 18.2. The summed E-state index contributed by atoms with van der Waals surface area (Å²) in [5.41, 5.74) is 3.47. The van der Waals surface area contributed by atoms with E-state index in [1.54, 1.807) is 24.3 Å². The van der Waals surface area contributed by atoms with Crippen molar-refractivity contribution in [2.45, 2.75) is 33.1 Å². The molecular weight excluding hydrogens is 324 g/mol. The van der Waals surface area contributed by atoms with Crippen molar-refractivity contribution in [1.82, 2.24) is 4.90 Å². The van der Waals surface area contributed by atoms with E-state index in [2.05, 4.69) is 19.9 Å². The van der Waals surface area contributed by atoms with Gasteiger partial charge in [-0.1, -0.05) is 32.0 Å². The molecule has 0 unspecified atom stereocenters. The average Bonchev–Trinajstić information content (AvgIpc) is 3.11. The van der Waals surface area contributed by atoms with Crippen LogP contribution in [0.2, 0.25) is 0 Å². The number of anilines is 1. The third-order valence-electron chi connectivity index (χ3n) is 4.79. The van der Waals surface area contributed by atoms with Crippen LogP contribution in [0.25, 0.3) is 0 Å². The van der Waals surface area contributed by atoms with Gasteiger partial charge in [-0.15, -0.1) is 0 Å². The van der Waals surface area contributed by atoms with E-state index < -0.39 is 0 Å². The highest BCUT2D eigenvalue weighted by Gasteiger charge is 2.25. The molecule has 0 spiro atoms. The third-order valence-corrected chi connectivity index (χ3v) is 4.79. The summed E-state index contributed by atoms with van der Waals surface area (Å²) in [6, 6.07) is 15.1. The second-order valence-corrected chi connectivity index (χ2v) is 6.71. The van der Waals surface area contributed by atoms with Gasteiger partial charge in [0.1, 0.15) is 0 Å². The Morgan fingerprint density at radius 3 is 2.19 bits per heavy atom. The molecule has 2 aromatic rings. The molecule has 2 aromatic carbocycles. The lowest BCUT2D eigenvalue weighted by Gasteiger charge is -2.22. The van der Waals surface area contributed by atoms with Crippen molar-refractivity contribution in [2.75, 3.05) is 24.5 Å². The van der Waals surface area contributed by atoms with E-state index in [-0.39, 0.29) is 11.8 Å². The number of amides is 2. The Labute approximate surface area is 155 Å². The van der Waals surface area contributed by atoms with Crippen LogP contribution < -0.4 is 4.90 Å².